The first-order valence-corrected chi connectivity index (χ1v) is 9.18. The number of halogens is 2. The van der Waals surface area contributed by atoms with Crippen LogP contribution in [0.3, 0.4) is 0 Å². The third kappa shape index (κ3) is 1.99. The lowest BCUT2D eigenvalue weighted by atomic mass is 10.2. The van der Waals surface area contributed by atoms with Crippen LogP contribution >= 0.6 is 31.1 Å². The van der Waals surface area contributed by atoms with E-state index >= 15 is 0 Å². The van der Waals surface area contributed by atoms with Gasteiger partial charge in [-0.2, -0.15) is 0 Å². The third-order valence-electron chi connectivity index (χ3n) is 3.95. The highest BCUT2D eigenvalue weighted by molar-refractivity contribution is 7.80. The van der Waals surface area contributed by atoms with Gasteiger partial charge in [0.1, 0.15) is 23.0 Å². The first kappa shape index (κ1) is 13.7. The van der Waals surface area contributed by atoms with E-state index in [-0.39, 0.29) is 0 Å². The molecular formula is C18H9Cl2O2P. The number of fused-ring (bicyclic) bond motifs is 4. The quantitative estimate of drug-likeness (QED) is 0.364. The van der Waals surface area contributed by atoms with Crippen molar-refractivity contribution in [2.75, 3.05) is 0 Å². The highest BCUT2D eigenvalue weighted by Gasteiger charge is 2.36. The molecule has 3 aromatic rings. The summed E-state index contributed by atoms with van der Waals surface area (Å²) < 4.78 is 12.1. The SMILES string of the molecule is Clc1ccc2c(c1)Oc1cccc3c1P2c1ccc(Cl)cc1O3. The van der Waals surface area contributed by atoms with Gasteiger partial charge in [0.2, 0.25) is 0 Å². The van der Waals surface area contributed by atoms with Gasteiger partial charge in [-0.3, -0.25) is 0 Å². The van der Waals surface area contributed by atoms with Crippen molar-refractivity contribution in [1.82, 2.24) is 0 Å². The minimum atomic E-state index is -0.743. The van der Waals surface area contributed by atoms with Crippen molar-refractivity contribution in [3.63, 3.8) is 0 Å². The summed E-state index contributed by atoms with van der Waals surface area (Å²) in [5.74, 6) is 3.31. The first-order valence-electron chi connectivity index (χ1n) is 7.09. The second kappa shape index (κ2) is 4.88. The lowest BCUT2D eigenvalue weighted by molar-refractivity contribution is 0.466. The van der Waals surface area contributed by atoms with Crippen LogP contribution in [0.25, 0.3) is 0 Å². The fourth-order valence-corrected chi connectivity index (χ4v) is 5.86. The molecule has 0 unspecified atom stereocenters. The van der Waals surface area contributed by atoms with Crippen LogP contribution < -0.4 is 25.4 Å². The lowest BCUT2D eigenvalue weighted by Gasteiger charge is -2.34. The number of hydrogen-bond acceptors (Lipinski definition) is 2. The molecule has 23 heavy (non-hydrogen) atoms. The van der Waals surface area contributed by atoms with Gasteiger partial charge in [0.15, 0.2) is 0 Å². The molecular weight excluding hydrogens is 350 g/mol. The van der Waals surface area contributed by atoms with E-state index in [2.05, 4.69) is 0 Å². The Bertz CT molecular complexity index is 897. The molecule has 0 radical (unpaired) electrons. The maximum atomic E-state index is 6.15. The smallest absolute Gasteiger partial charge is 0.139 e. The Labute approximate surface area is 144 Å². The molecule has 2 nitrogen and oxygen atoms in total. The molecule has 0 aliphatic carbocycles. The molecule has 3 aromatic carbocycles. The summed E-state index contributed by atoms with van der Waals surface area (Å²) in [5.41, 5.74) is 0. The molecule has 2 aliphatic heterocycles. The van der Waals surface area contributed by atoms with Gasteiger partial charge in [-0.1, -0.05) is 29.3 Å². The molecule has 112 valence electrons. The first-order chi connectivity index (χ1) is 11.2. The Hall–Kier alpha value is -1.73. The zero-order valence-corrected chi connectivity index (χ0v) is 14.1. The molecule has 0 spiro atoms. The van der Waals surface area contributed by atoms with Crippen LogP contribution in [0.5, 0.6) is 23.0 Å². The van der Waals surface area contributed by atoms with Gasteiger partial charge in [-0.25, -0.2) is 0 Å². The third-order valence-corrected chi connectivity index (χ3v) is 7.01. The standard InChI is InChI=1S/C18H9Cl2O2P/c19-10-4-6-16-14(8-10)21-12-2-1-3-13-18(12)23(16)17-7-5-11(20)9-15(17)22-13/h1-9H. The summed E-state index contributed by atoms with van der Waals surface area (Å²) in [6, 6.07) is 17.5. The van der Waals surface area contributed by atoms with E-state index in [1.807, 2.05) is 54.6 Å². The van der Waals surface area contributed by atoms with Crippen molar-refractivity contribution in [3.8, 4) is 23.0 Å². The Morgan fingerprint density at radius 3 is 1.70 bits per heavy atom. The molecule has 0 amide bonds. The van der Waals surface area contributed by atoms with Gasteiger partial charge < -0.3 is 9.47 Å². The van der Waals surface area contributed by atoms with Gasteiger partial charge in [-0.05, 0) is 36.4 Å². The van der Waals surface area contributed by atoms with E-state index in [4.69, 9.17) is 32.7 Å². The molecule has 0 N–H and O–H groups in total. The van der Waals surface area contributed by atoms with E-state index in [9.17, 15) is 0 Å². The van der Waals surface area contributed by atoms with Gasteiger partial charge >= 0.3 is 0 Å². The monoisotopic (exact) mass is 358 g/mol. The van der Waals surface area contributed by atoms with Crippen LogP contribution in [0.4, 0.5) is 0 Å². The summed E-state index contributed by atoms with van der Waals surface area (Å²) in [6.07, 6.45) is 0. The second-order valence-corrected chi connectivity index (χ2v) is 8.32. The van der Waals surface area contributed by atoms with Gasteiger partial charge in [0.25, 0.3) is 0 Å². The van der Waals surface area contributed by atoms with Gasteiger partial charge in [0.05, 0.1) is 5.30 Å². The largest absolute Gasteiger partial charge is 0.456 e. The predicted octanol–water partition coefficient (Wildman–Crippen LogP) is 4.96. The molecule has 2 aliphatic rings. The van der Waals surface area contributed by atoms with Gasteiger partial charge in [-0.15, -0.1) is 0 Å². The fourth-order valence-electron chi connectivity index (χ4n) is 3.00. The van der Waals surface area contributed by atoms with E-state index in [1.165, 1.54) is 0 Å². The fraction of sp³-hybridized carbons (Fsp3) is 0. The molecule has 0 bridgehead atoms. The Morgan fingerprint density at radius 1 is 0.652 bits per heavy atom. The van der Waals surface area contributed by atoms with E-state index < -0.39 is 7.92 Å². The molecule has 0 aromatic heterocycles. The zero-order valence-electron chi connectivity index (χ0n) is 11.7. The van der Waals surface area contributed by atoms with E-state index in [0.29, 0.717) is 10.0 Å². The average Bonchev–Trinajstić information content (AvgIpc) is 2.54. The molecule has 0 atom stereocenters. The second-order valence-electron chi connectivity index (χ2n) is 5.37. The maximum Gasteiger partial charge on any atom is 0.139 e. The van der Waals surface area contributed by atoms with Crippen LogP contribution in [0.2, 0.25) is 10.0 Å². The normalized spacial score (nSPS) is 14.2. The topological polar surface area (TPSA) is 18.5 Å². The molecule has 0 saturated heterocycles. The van der Waals surface area contributed by atoms with Crippen LogP contribution in [0.15, 0.2) is 54.6 Å². The van der Waals surface area contributed by atoms with Crippen molar-refractivity contribution in [3.05, 3.63) is 64.6 Å². The van der Waals surface area contributed by atoms with Crippen LogP contribution in [-0.2, 0) is 0 Å². The lowest BCUT2D eigenvalue weighted by Crippen LogP contribution is -2.31. The predicted molar refractivity (Wildman–Crippen MR) is 95.3 cm³/mol. The Morgan fingerprint density at radius 2 is 1.17 bits per heavy atom. The maximum absolute atomic E-state index is 6.15. The minimum Gasteiger partial charge on any atom is -0.456 e. The number of rotatable bonds is 0. The Balaban J connectivity index is 1.84. The number of hydrogen-bond donors (Lipinski definition) is 0. The number of benzene rings is 3. The van der Waals surface area contributed by atoms with Crippen molar-refractivity contribution in [2.24, 2.45) is 0 Å². The molecule has 0 saturated carbocycles. The van der Waals surface area contributed by atoms with Crippen molar-refractivity contribution >= 4 is 47.0 Å². The van der Waals surface area contributed by atoms with E-state index in [0.717, 1.165) is 38.9 Å². The van der Waals surface area contributed by atoms with Crippen LogP contribution in [0, 0.1) is 0 Å². The molecule has 5 rings (SSSR count). The van der Waals surface area contributed by atoms with Crippen LogP contribution in [0.1, 0.15) is 0 Å². The highest BCUT2D eigenvalue weighted by atomic mass is 35.5. The summed E-state index contributed by atoms with van der Waals surface area (Å²) >= 11 is 12.3. The molecule has 2 heterocycles. The summed E-state index contributed by atoms with van der Waals surface area (Å²) in [5, 5.41) is 4.76. The van der Waals surface area contributed by atoms with Crippen LogP contribution in [-0.4, -0.2) is 0 Å². The average molecular weight is 359 g/mol. The summed E-state index contributed by atoms with van der Waals surface area (Å²) in [6.45, 7) is 0. The highest BCUT2D eigenvalue weighted by Crippen LogP contribution is 2.52. The zero-order chi connectivity index (χ0) is 15.6. The van der Waals surface area contributed by atoms with E-state index in [1.54, 1.807) is 0 Å². The summed E-state index contributed by atoms with van der Waals surface area (Å²) in [4.78, 5) is 0. The Kier molecular flexibility index (Phi) is 2.90. The molecule has 0 fully saturated rings. The van der Waals surface area contributed by atoms with Crippen molar-refractivity contribution < 1.29 is 9.47 Å². The van der Waals surface area contributed by atoms with Crippen molar-refractivity contribution in [2.45, 2.75) is 0 Å². The number of ether oxygens (including phenoxy) is 2. The minimum absolute atomic E-state index is 0.669. The molecule has 5 heteroatoms. The van der Waals surface area contributed by atoms with Gasteiger partial charge in [0, 0.05) is 40.7 Å². The summed E-state index contributed by atoms with van der Waals surface area (Å²) in [7, 11) is -0.743. The van der Waals surface area contributed by atoms with Crippen molar-refractivity contribution in [1.29, 1.82) is 0 Å².